The summed E-state index contributed by atoms with van der Waals surface area (Å²) >= 11 is 2.99. The number of urea groups is 1. The lowest BCUT2D eigenvalue weighted by atomic mass is 10.2. The maximum Gasteiger partial charge on any atom is 0.323 e. The van der Waals surface area contributed by atoms with Gasteiger partial charge in [-0.3, -0.25) is 10.1 Å². The van der Waals surface area contributed by atoms with Crippen LogP contribution in [0.1, 0.15) is 27.6 Å². The molecule has 1 N–H and O–H groups in total. The molecule has 2 amide bonds. The Bertz CT molecular complexity index is 698. The van der Waals surface area contributed by atoms with Gasteiger partial charge in [0.1, 0.15) is 5.01 Å². The first-order valence-electron chi connectivity index (χ1n) is 7.44. The average Bonchev–Trinajstić information content (AvgIpc) is 3.16. The summed E-state index contributed by atoms with van der Waals surface area (Å²) < 4.78 is 4.59. The minimum Gasteiger partial charge on any atom is -0.469 e. The van der Waals surface area contributed by atoms with Gasteiger partial charge in [0.25, 0.3) is 0 Å². The van der Waals surface area contributed by atoms with Crippen molar-refractivity contribution in [2.45, 2.75) is 32.7 Å². The molecule has 0 radical (unpaired) electrons. The third kappa shape index (κ3) is 5.57. The van der Waals surface area contributed by atoms with Crippen molar-refractivity contribution in [3.8, 4) is 0 Å². The second-order valence-electron chi connectivity index (χ2n) is 5.23. The highest BCUT2D eigenvalue weighted by atomic mass is 32.1. The second-order valence-corrected chi connectivity index (χ2v) is 7.66. The predicted octanol–water partition coefficient (Wildman–Crippen LogP) is 3.07. The highest BCUT2D eigenvalue weighted by Gasteiger charge is 2.13. The Labute approximate surface area is 148 Å². The summed E-state index contributed by atoms with van der Waals surface area (Å²) in [7, 11) is 3.11. The van der Waals surface area contributed by atoms with Crippen molar-refractivity contribution in [3.05, 3.63) is 26.9 Å². The SMILES string of the molecule is COC(=O)CCCc1nnc(NC(=O)N(C)Cc2ccc(C)s2)s1. The minimum atomic E-state index is -0.238. The van der Waals surface area contributed by atoms with E-state index in [-0.39, 0.29) is 12.0 Å². The smallest absolute Gasteiger partial charge is 0.323 e. The van der Waals surface area contributed by atoms with E-state index in [4.69, 9.17) is 0 Å². The molecule has 2 rings (SSSR count). The van der Waals surface area contributed by atoms with Crippen molar-refractivity contribution in [1.82, 2.24) is 15.1 Å². The lowest BCUT2D eigenvalue weighted by Crippen LogP contribution is -2.30. The Kier molecular flexibility index (Phi) is 6.68. The molecule has 130 valence electrons. The van der Waals surface area contributed by atoms with Gasteiger partial charge in [0.2, 0.25) is 5.13 Å². The molecule has 9 heteroatoms. The van der Waals surface area contributed by atoms with Crippen molar-refractivity contribution in [3.63, 3.8) is 0 Å². The van der Waals surface area contributed by atoms with Crippen LogP contribution < -0.4 is 5.32 Å². The molecule has 0 bridgehead atoms. The molecule has 2 heterocycles. The molecular formula is C15H20N4O3S2. The van der Waals surface area contributed by atoms with Gasteiger partial charge in [-0.05, 0) is 25.5 Å². The molecule has 0 aliphatic carbocycles. The lowest BCUT2D eigenvalue weighted by Gasteiger charge is -2.15. The fourth-order valence-corrected chi connectivity index (χ4v) is 3.67. The number of amides is 2. The number of aromatic nitrogens is 2. The van der Waals surface area contributed by atoms with Crippen LogP contribution in [-0.2, 0) is 22.5 Å². The van der Waals surface area contributed by atoms with E-state index in [0.29, 0.717) is 30.9 Å². The minimum absolute atomic E-state index is 0.224. The first-order valence-corrected chi connectivity index (χ1v) is 9.08. The maximum atomic E-state index is 12.2. The molecule has 7 nitrogen and oxygen atoms in total. The van der Waals surface area contributed by atoms with E-state index in [9.17, 15) is 9.59 Å². The topological polar surface area (TPSA) is 84.4 Å². The molecule has 0 unspecified atom stereocenters. The van der Waals surface area contributed by atoms with Crippen LogP contribution >= 0.6 is 22.7 Å². The van der Waals surface area contributed by atoms with Crippen LogP contribution in [0.4, 0.5) is 9.93 Å². The average molecular weight is 368 g/mol. The zero-order chi connectivity index (χ0) is 17.5. The zero-order valence-corrected chi connectivity index (χ0v) is 15.5. The Balaban J connectivity index is 1.80. The summed E-state index contributed by atoms with van der Waals surface area (Å²) in [5, 5.41) is 12.0. The van der Waals surface area contributed by atoms with Gasteiger partial charge in [-0.1, -0.05) is 11.3 Å². The van der Waals surface area contributed by atoms with Crippen LogP contribution in [0.25, 0.3) is 0 Å². The number of rotatable bonds is 7. The number of anilines is 1. The van der Waals surface area contributed by atoms with Crippen LogP contribution in [0, 0.1) is 6.92 Å². The number of esters is 1. The normalized spacial score (nSPS) is 10.5. The highest BCUT2D eigenvalue weighted by molar-refractivity contribution is 7.15. The van der Waals surface area contributed by atoms with Gasteiger partial charge < -0.3 is 9.64 Å². The number of ether oxygens (including phenoxy) is 1. The fraction of sp³-hybridized carbons (Fsp3) is 0.467. The van der Waals surface area contributed by atoms with Gasteiger partial charge in [0, 0.05) is 29.6 Å². The molecule has 2 aromatic heterocycles. The van der Waals surface area contributed by atoms with Gasteiger partial charge in [0.05, 0.1) is 13.7 Å². The van der Waals surface area contributed by atoms with Crippen molar-refractivity contribution in [1.29, 1.82) is 0 Å². The third-order valence-electron chi connectivity index (χ3n) is 3.22. The quantitative estimate of drug-likeness (QED) is 0.759. The van der Waals surface area contributed by atoms with Crippen LogP contribution in [0.2, 0.25) is 0 Å². The number of carbonyl (C=O) groups excluding carboxylic acids is 2. The van der Waals surface area contributed by atoms with Crippen LogP contribution in [-0.4, -0.2) is 41.3 Å². The molecule has 0 atom stereocenters. The molecule has 0 saturated carbocycles. The van der Waals surface area contributed by atoms with E-state index in [0.717, 1.165) is 9.88 Å². The second kappa shape index (κ2) is 8.74. The fourth-order valence-electron chi connectivity index (χ4n) is 1.95. The number of methoxy groups -OCH3 is 1. The number of hydrogen-bond acceptors (Lipinski definition) is 7. The van der Waals surface area contributed by atoms with Crippen LogP contribution in [0.3, 0.4) is 0 Å². The van der Waals surface area contributed by atoms with E-state index >= 15 is 0 Å². The third-order valence-corrected chi connectivity index (χ3v) is 5.10. The summed E-state index contributed by atoms with van der Waals surface area (Å²) in [6, 6.07) is 3.84. The molecule has 2 aromatic rings. The van der Waals surface area contributed by atoms with Crippen molar-refractivity contribution >= 4 is 39.8 Å². The Morgan fingerprint density at radius 1 is 1.29 bits per heavy atom. The van der Waals surface area contributed by atoms with E-state index in [1.807, 2.05) is 19.1 Å². The summed E-state index contributed by atoms with van der Waals surface area (Å²) in [6.45, 7) is 2.59. The predicted molar refractivity (Wildman–Crippen MR) is 94.4 cm³/mol. The largest absolute Gasteiger partial charge is 0.469 e. The zero-order valence-electron chi connectivity index (χ0n) is 13.9. The van der Waals surface area contributed by atoms with E-state index in [1.54, 1.807) is 23.3 Å². The molecular weight excluding hydrogens is 348 g/mol. The summed E-state index contributed by atoms with van der Waals surface area (Å²) in [6.07, 6.45) is 1.63. The van der Waals surface area contributed by atoms with Gasteiger partial charge in [-0.15, -0.1) is 21.5 Å². The van der Waals surface area contributed by atoms with Crippen molar-refractivity contribution in [2.24, 2.45) is 0 Å². The van der Waals surface area contributed by atoms with Crippen molar-refractivity contribution < 1.29 is 14.3 Å². The van der Waals surface area contributed by atoms with Gasteiger partial charge in [-0.25, -0.2) is 4.79 Å². The first-order chi connectivity index (χ1) is 11.5. The molecule has 0 aliphatic heterocycles. The number of nitrogens with one attached hydrogen (secondary N) is 1. The maximum absolute atomic E-state index is 12.2. The molecule has 0 spiro atoms. The molecule has 0 aliphatic rings. The molecule has 0 aromatic carbocycles. The monoisotopic (exact) mass is 368 g/mol. The summed E-state index contributed by atoms with van der Waals surface area (Å²) in [5.41, 5.74) is 0. The lowest BCUT2D eigenvalue weighted by molar-refractivity contribution is -0.140. The number of nitrogens with zero attached hydrogens (tertiary/aromatic N) is 3. The van der Waals surface area contributed by atoms with Crippen LogP contribution in [0.15, 0.2) is 12.1 Å². The van der Waals surface area contributed by atoms with E-state index < -0.39 is 0 Å². The van der Waals surface area contributed by atoms with Gasteiger partial charge in [-0.2, -0.15) is 0 Å². The molecule has 24 heavy (non-hydrogen) atoms. The summed E-state index contributed by atoms with van der Waals surface area (Å²) in [4.78, 5) is 27.2. The van der Waals surface area contributed by atoms with Crippen LogP contribution in [0.5, 0.6) is 0 Å². The highest BCUT2D eigenvalue weighted by Crippen LogP contribution is 2.19. The first kappa shape index (κ1) is 18.3. The van der Waals surface area contributed by atoms with E-state index in [2.05, 4.69) is 20.3 Å². The Morgan fingerprint density at radius 3 is 2.75 bits per heavy atom. The molecule has 0 fully saturated rings. The number of carbonyl (C=O) groups is 2. The molecule has 0 saturated heterocycles. The standard InChI is InChI=1S/C15H20N4O3S2/c1-10-7-8-11(23-10)9-19(2)15(21)16-14-18-17-12(24-14)5-4-6-13(20)22-3/h7-8H,4-6,9H2,1-3H3,(H,16,18,21). The summed E-state index contributed by atoms with van der Waals surface area (Å²) in [5.74, 6) is -0.238. The number of hydrogen-bond donors (Lipinski definition) is 1. The number of thiophene rings is 1. The van der Waals surface area contributed by atoms with Gasteiger partial charge in [0.15, 0.2) is 0 Å². The van der Waals surface area contributed by atoms with Crippen molar-refractivity contribution in [2.75, 3.05) is 19.5 Å². The Morgan fingerprint density at radius 2 is 2.08 bits per heavy atom. The number of aryl methyl sites for hydroxylation is 2. The van der Waals surface area contributed by atoms with Gasteiger partial charge >= 0.3 is 12.0 Å². The van der Waals surface area contributed by atoms with E-state index in [1.165, 1.54) is 23.3 Å². The Hall–Kier alpha value is -2.00.